The van der Waals surface area contributed by atoms with Gasteiger partial charge in [0.05, 0.1) is 7.11 Å². The first-order chi connectivity index (χ1) is 7.29. The van der Waals surface area contributed by atoms with Crippen molar-refractivity contribution in [3.8, 4) is 0 Å². The molecule has 0 heterocycles. The highest BCUT2D eigenvalue weighted by atomic mass is 16.5. The van der Waals surface area contributed by atoms with Crippen LogP contribution < -0.4 is 5.43 Å². The van der Waals surface area contributed by atoms with Gasteiger partial charge in [0.25, 0.3) is 6.08 Å². The highest BCUT2D eigenvalue weighted by Gasteiger charge is 2.20. The normalized spacial score (nSPS) is 11.0. The van der Waals surface area contributed by atoms with Gasteiger partial charge in [0, 0.05) is 0 Å². The topological polar surface area (TPSA) is 67.8 Å². The van der Waals surface area contributed by atoms with Gasteiger partial charge >= 0.3 is 5.97 Å². The molecule has 1 rings (SSSR count). The van der Waals surface area contributed by atoms with Crippen molar-refractivity contribution in [2.75, 3.05) is 7.11 Å². The average Bonchev–Trinajstić information content (AvgIpc) is 2.30. The molecule has 0 saturated carbocycles. The van der Waals surface area contributed by atoms with E-state index in [4.69, 9.17) is 0 Å². The number of hydrogen-bond donors (Lipinski definition) is 1. The van der Waals surface area contributed by atoms with Crippen molar-refractivity contribution in [1.29, 1.82) is 0 Å². The van der Waals surface area contributed by atoms with Gasteiger partial charge in [0.1, 0.15) is 0 Å². The number of hydrazone groups is 1. The first-order valence-electron chi connectivity index (χ1n) is 4.24. The second kappa shape index (κ2) is 5.57. The Morgan fingerprint density at radius 3 is 2.67 bits per heavy atom. The van der Waals surface area contributed by atoms with Crippen molar-refractivity contribution in [3.05, 3.63) is 35.9 Å². The minimum Gasteiger partial charge on any atom is -0.467 e. The van der Waals surface area contributed by atoms with Crippen LogP contribution in [0.5, 0.6) is 0 Å². The van der Waals surface area contributed by atoms with E-state index < -0.39 is 12.0 Å². The molecule has 0 saturated heterocycles. The number of isocyanates is 1. The molecule has 1 N–H and O–H groups in total. The van der Waals surface area contributed by atoms with Crippen LogP contribution in [0.3, 0.4) is 0 Å². The van der Waals surface area contributed by atoms with Crippen LogP contribution in [0.1, 0.15) is 11.6 Å². The molecule has 0 amide bonds. The third kappa shape index (κ3) is 2.93. The Hall–Kier alpha value is -2.13. The SMILES string of the molecule is COC(=O)C(NN=C=O)c1ccccc1. The molecule has 5 nitrogen and oxygen atoms in total. The fraction of sp³-hybridized carbons (Fsp3) is 0.200. The first-order valence-corrected chi connectivity index (χ1v) is 4.24. The number of rotatable bonds is 4. The lowest BCUT2D eigenvalue weighted by Crippen LogP contribution is -2.25. The molecule has 5 heteroatoms. The summed E-state index contributed by atoms with van der Waals surface area (Å²) in [5.74, 6) is -0.514. The minimum absolute atomic E-state index is 0.514. The largest absolute Gasteiger partial charge is 0.467 e. The van der Waals surface area contributed by atoms with E-state index in [0.29, 0.717) is 5.56 Å². The lowest BCUT2D eigenvalue weighted by molar-refractivity contribution is -0.143. The molecule has 78 valence electrons. The van der Waals surface area contributed by atoms with Gasteiger partial charge < -0.3 is 4.74 Å². The summed E-state index contributed by atoms with van der Waals surface area (Å²) in [6, 6.07) is 8.05. The fourth-order valence-electron chi connectivity index (χ4n) is 1.12. The maximum Gasteiger partial charge on any atom is 0.334 e. The highest BCUT2D eigenvalue weighted by Crippen LogP contribution is 2.13. The second-order valence-corrected chi connectivity index (χ2v) is 2.70. The van der Waals surface area contributed by atoms with E-state index in [1.165, 1.54) is 13.2 Å². The van der Waals surface area contributed by atoms with Crippen molar-refractivity contribution in [1.82, 2.24) is 5.43 Å². The van der Waals surface area contributed by atoms with Gasteiger partial charge in [-0.3, -0.25) is 5.43 Å². The molecule has 1 aromatic carbocycles. The van der Waals surface area contributed by atoms with Gasteiger partial charge in [-0.2, -0.15) is 0 Å². The Morgan fingerprint density at radius 2 is 2.13 bits per heavy atom. The fourth-order valence-corrected chi connectivity index (χ4v) is 1.12. The van der Waals surface area contributed by atoms with Crippen LogP contribution in [0, 0.1) is 0 Å². The standard InChI is InChI=1S/C10H10N2O3/c1-15-10(14)9(12-11-7-13)8-5-3-2-4-6-8/h2-6,9,12H,1H3. The van der Waals surface area contributed by atoms with E-state index in [1.807, 2.05) is 6.07 Å². The van der Waals surface area contributed by atoms with Gasteiger partial charge in [0.2, 0.25) is 0 Å². The van der Waals surface area contributed by atoms with Crippen LogP contribution in [0.15, 0.2) is 35.4 Å². The summed E-state index contributed by atoms with van der Waals surface area (Å²) in [5, 5.41) is 3.16. The Kier molecular flexibility index (Phi) is 4.06. The lowest BCUT2D eigenvalue weighted by Gasteiger charge is -2.12. The molecule has 0 aromatic heterocycles. The van der Waals surface area contributed by atoms with Crippen molar-refractivity contribution in [3.63, 3.8) is 0 Å². The van der Waals surface area contributed by atoms with Gasteiger partial charge in [-0.15, -0.1) is 0 Å². The number of methoxy groups -OCH3 is 1. The quantitative estimate of drug-likeness (QED) is 0.341. The summed E-state index contributed by atoms with van der Waals surface area (Å²) in [6.07, 6.45) is 1.30. The molecule has 0 aliphatic heterocycles. The van der Waals surface area contributed by atoms with Crippen LogP contribution in [-0.2, 0) is 14.3 Å². The summed E-state index contributed by atoms with van der Waals surface area (Å²) >= 11 is 0. The lowest BCUT2D eigenvalue weighted by atomic mass is 10.1. The van der Waals surface area contributed by atoms with Crippen molar-refractivity contribution < 1.29 is 14.3 Å². The Morgan fingerprint density at radius 1 is 1.47 bits per heavy atom. The molecule has 0 aliphatic rings. The molecule has 0 spiro atoms. The molecule has 0 aliphatic carbocycles. The number of nitrogens with one attached hydrogen (secondary N) is 1. The third-order valence-corrected chi connectivity index (χ3v) is 1.81. The highest BCUT2D eigenvalue weighted by molar-refractivity contribution is 5.77. The van der Waals surface area contributed by atoms with E-state index >= 15 is 0 Å². The van der Waals surface area contributed by atoms with Crippen molar-refractivity contribution in [2.45, 2.75) is 6.04 Å². The van der Waals surface area contributed by atoms with Crippen molar-refractivity contribution in [2.24, 2.45) is 5.10 Å². The zero-order valence-corrected chi connectivity index (χ0v) is 8.14. The average molecular weight is 206 g/mol. The maximum atomic E-state index is 11.3. The number of esters is 1. The molecule has 0 radical (unpaired) electrons. The number of benzene rings is 1. The van der Waals surface area contributed by atoms with Gasteiger partial charge in [-0.05, 0) is 5.56 Å². The van der Waals surface area contributed by atoms with E-state index in [9.17, 15) is 9.59 Å². The number of carbonyl (C=O) groups is 1. The van der Waals surface area contributed by atoms with Gasteiger partial charge in [0.15, 0.2) is 6.04 Å². The molecule has 0 bridgehead atoms. The number of ether oxygens (including phenoxy) is 1. The first kappa shape index (κ1) is 10.9. The molecular weight excluding hydrogens is 196 g/mol. The third-order valence-electron chi connectivity index (χ3n) is 1.81. The Balaban J connectivity index is 2.90. The second-order valence-electron chi connectivity index (χ2n) is 2.70. The summed E-state index contributed by atoms with van der Waals surface area (Å²) in [6.45, 7) is 0. The minimum atomic E-state index is -0.780. The van der Waals surface area contributed by atoms with Gasteiger partial charge in [-0.25, -0.2) is 9.59 Å². The molecule has 1 unspecified atom stereocenters. The van der Waals surface area contributed by atoms with Gasteiger partial charge in [-0.1, -0.05) is 35.4 Å². The van der Waals surface area contributed by atoms with Crippen LogP contribution >= 0.6 is 0 Å². The predicted octanol–water partition coefficient (Wildman–Crippen LogP) is 0.741. The smallest absolute Gasteiger partial charge is 0.334 e. The van der Waals surface area contributed by atoms with Crippen molar-refractivity contribution >= 4 is 12.0 Å². The maximum absolute atomic E-state index is 11.3. The van der Waals surface area contributed by atoms with Crippen LogP contribution in [0.4, 0.5) is 0 Å². The van der Waals surface area contributed by atoms with E-state index in [1.54, 1.807) is 24.3 Å². The molecular formula is C10H10N2O3. The van der Waals surface area contributed by atoms with Crippen LogP contribution in [0.25, 0.3) is 0 Å². The number of carbonyl (C=O) groups excluding carboxylic acids is 2. The zero-order chi connectivity index (χ0) is 11.1. The summed E-state index contributed by atoms with van der Waals surface area (Å²) in [7, 11) is 1.27. The van der Waals surface area contributed by atoms with E-state index in [-0.39, 0.29) is 0 Å². The zero-order valence-electron chi connectivity index (χ0n) is 8.14. The Labute approximate surface area is 86.7 Å². The van der Waals surface area contributed by atoms with Crippen LogP contribution in [-0.4, -0.2) is 19.2 Å². The van der Waals surface area contributed by atoms with E-state index in [2.05, 4.69) is 15.3 Å². The summed E-state index contributed by atoms with van der Waals surface area (Å²) < 4.78 is 4.57. The number of hydrogen-bond acceptors (Lipinski definition) is 5. The summed E-state index contributed by atoms with van der Waals surface area (Å²) in [4.78, 5) is 21.3. The molecule has 1 atom stereocenters. The monoisotopic (exact) mass is 206 g/mol. The number of nitrogens with zero attached hydrogens (tertiary/aromatic N) is 1. The van der Waals surface area contributed by atoms with Crippen LogP contribution in [0.2, 0.25) is 0 Å². The summed E-state index contributed by atoms with van der Waals surface area (Å²) in [5.41, 5.74) is 3.03. The molecule has 15 heavy (non-hydrogen) atoms. The van der Waals surface area contributed by atoms with E-state index in [0.717, 1.165) is 0 Å². The predicted molar refractivity (Wildman–Crippen MR) is 52.5 cm³/mol. The molecule has 0 fully saturated rings. The molecule has 1 aromatic rings. The Bertz CT molecular complexity index is 372.